The van der Waals surface area contributed by atoms with Gasteiger partial charge < -0.3 is 0 Å². The second-order valence-electron chi connectivity index (χ2n) is 6.32. The van der Waals surface area contributed by atoms with Gasteiger partial charge in [-0.3, -0.25) is 10.1 Å². The number of halogens is 1. The molecule has 2 aromatic rings. The second-order valence-corrected chi connectivity index (χ2v) is 6.76. The maximum absolute atomic E-state index is 12.2. The van der Waals surface area contributed by atoms with E-state index in [1.165, 1.54) is 12.8 Å². The Bertz CT molecular complexity index is 690. The zero-order chi connectivity index (χ0) is 15.1. The average Bonchev–Trinajstić information content (AvgIpc) is 3.16. The number of anilines is 1. The summed E-state index contributed by atoms with van der Waals surface area (Å²) < 4.78 is 1.72. The van der Waals surface area contributed by atoms with Crippen molar-refractivity contribution in [2.24, 2.45) is 17.8 Å². The van der Waals surface area contributed by atoms with Crippen molar-refractivity contribution in [1.82, 2.24) is 14.8 Å². The Morgan fingerprint density at radius 3 is 2.73 bits per heavy atom. The minimum absolute atomic E-state index is 0.0780. The van der Waals surface area contributed by atoms with Gasteiger partial charge in [0.2, 0.25) is 11.9 Å². The fourth-order valence-corrected chi connectivity index (χ4v) is 3.71. The molecule has 1 unspecified atom stereocenters. The molecule has 1 N–H and O–H groups in total. The molecule has 3 fully saturated rings. The fraction of sp³-hybridized carbons (Fsp3) is 0.438. The molecule has 5 rings (SSSR count). The van der Waals surface area contributed by atoms with Crippen LogP contribution in [0, 0.1) is 17.8 Å². The van der Waals surface area contributed by atoms with Crippen LogP contribution in [-0.4, -0.2) is 20.7 Å². The third kappa shape index (κ3) is 2.61. The largest absolute Gasteiger partial charge is 0.293 e. The van der Waals surface area contributed by atoms with Crippen molar-refractivity contribution in [3.05, 3.63) is 41.2 Å². The number of rotatable bonds is 4. The normalized spacial score (nSPS) is 25.8. The van der Waals surface area contributed by atoms with Gasteiger partial charge in [-0.05, 0) is 48.8 Å². The van der Waals surface area contributed by atoms with E-state index in [1.807, 2.05) is 24.3 Å². The van der Waals surface area contributed by atoms with E-state index in [0.717, 1.165) is 17.9 Å². The first-order valence-corrected chi connectivity index (χ1v) is 8.00. The lowest BCUT2D eigenvalue weighted by Crippen LogP contribution is -2.26. The quantitative estimate of drug-likeness (QED) is 0.943. The van der Waals surface area contributed by atoms with Crippen LogP contribution >= 0.6 is 11.6 Å². The number of hydrogen-bond donors (Lipinski definition) is 1. The van der Waals surface area contributed by atoms with E-state index < -0.39 is 0 Å². The van der Waals surface area contributed by atoms with E-state index in [1.54, 1.807) is 11.0 Å². The van der Waals surface area contributed by atoms with Crippen molar-refractivity contribution in [3.8, 4) is 0 Å². The van der Waals surface area contributed by atoms with Gasteiger partial charge in [-0.2, -0.15) is 0 Å². The molecule has 6 heteroatoms. The number of amides is 1. The highest BCUT2D eigenvalue weighted by Crippen LogP contribution is 2.52. The number of aromatic nitrogens is 3. The summed E-state index contributed by atoms with van der Waals surface area (Å²) in [5.74, 6) is 1.99. The van der Waals surface area contributed by atoms with Gasteiger partial charge in [0, 0.05) is 10.9 Å². The molecule has 1 amide bonds. The number of carbonyl (C=O) groups is 1. The zero-order valence-electron chi connectivity index (χ0n) is 12.1. The summed E-state index contributed by atoms with van der Waals surface area (Å²) >= 11 is 5.87. The van der Waals surface area contributed by atoms with Gasteiger partial charge in [0.1, 0.15) is 6.33 Å². The topological polar surface area (TPSA) is 59.8 Å². The molecule has 1 heterocycles. The Labute approximate surface area is 133 Å². The molecule has 1 aromatic heterocycles. The highest BCUT2D eigenvalue weighted by Gasteiger charge is 2.47. The zero-order valence-corrected chi connectivity index (χ0v) is 12.8. The number of nitrogens with zero attached hydrogens (tertiary/aromatic N) is 3. The monoisotopic (exact) mass is 316 g/mol. The highest BCUT2D eigenvalue weighted by atomic mass is 35.5. The molecule has 114 valence electrons. The molecular formula is C16H17ClN4O. The lowest BCUT2D eigenvalue weighted by Gasteiger charge is -2.23. The van der Waals surface area contributed by atoms with E-state index in [2.05, 4.69) is 15.4 Å². The first kappa shape index (κ1) is 13.8. The van der Waals surface area contributed by atoms with Crippen molar-refractivity contribution >= 4 is 23.5 Å². The highest BCUT2D eigenvalue weighted by molar-refractivity contribution is 6.30. The molecule has 22 heavy (non-hydrogen) atoms. The smallest absolute Gasteiger partial charge is 0.248 e. The van der Waals surface area contributed by atoms with Gasteiger partial charge >= 0.3 is 0 Å². The van der Waals surface area contributed by atoms with Gasteiger partial charge in [0.25, 0.3) is 0 Å². The van der Waals surface area contributed by atoms with Crippen LogP contribution < -0.4 is 5.32 Å². The summed E-state index contributed by atoms with van der Waals surface area (Å²) in [5.41, 5.74) is 1.09. The van der Waals surface area contributed by atoms with Crippen LogP contribution in [0.1, 0.15) is 24.8 Å². The summed E-state index contributed by atoms with van der Waals surface area (Å²) in [5, 5.41) is 7.88. The van der Waals surface area contributed by atoms with Crippen molar-refractivity contribution in [3.63, 3.8) is 0 Å². The van der Waals surface area contributed by atoms with Crippen LogP contribution in [0.15, 0.2) is 30.6 Å². The van der Waals surface area contributed by atoms with Crippen molar-refractivity contribution in [1.29, 1.82) is 0 Å². The van der Waals surface area contributed by atoms with Crippen LogP contribution in [0.5, 0.6) is 0 Å². The predicted octanol–water partition coefficient (Wildman–Crippen LogP) is 2.96. The first-order chi connectivity index (χ1) is 10.7. The molecule has 5 nitrogen and oxygen atoms in total. The van der Waals surface area contributed by atoms with Gasteiger partial charge in [0.05, 0.1) is 6.54 Å². The molecule has 0 radical (unpaired) electrons. The molecule has 2 bridgehead atoms. The van der Waals surface area contributed by atoms with E-state index in [4.69, 9.17) is 11.6 Å². The Balaban J connectivity index is 1.38. The molecule has 0 saturated heterocycles. The minimum atomic E-state index is 0.0780. The average molecular weight is 317 g/mol. The Morgan fingerprint density at radius 2 is 2.05 bits per heavy atom. The van der Waals surface area contributed by atoms with Crippen molar-refractivity contribution < 1.29 is 4.79 Å². The van der Waals surface area contributed by atoms with Gasteiger partial charge in [-0.15, -0.1) is 5.10 Å². The second kappa shape index (κ2) is 5.39. The van der Waals surface area contributed by atoms with E-state index in [9.17, 15) is 4.79 Å². The Kier molecular flexibility index (Phi) is 3.37. The fourth-order valence-electron chi connectivity index (χ4n) is 3.59. The predicted molar refractivity (Wildman–Crippen MR) is 83.5 cm³/mol. The molecular weight excluding hydrogens is 300 g/mol. The standard InChI is InChI=1S/C16H17ClN4O/c17-13-3-1-10(2-4-13)8-21-9-18-16(20-21)19-15(22)14-7-11-5-12(14)6-11/h1-4,9,11-12,14H,5-8H2,(H,19,20,22). The first-order valence-electron chi connectivity index (χ1n) is 7.62. The van der Waals surface area contributed by atoms with Crippen LogP contribution in [0.4, 0.5) is 5.95 Å². The lowest BCUT2D eigenvalue weighted by molar-refractivity contribution is -0.120. The molecule has 3 aliphatic carbocycles. The van der Waals surface area contributed by atoms with Crippen molar-refractivity contribution in [2.45, 2.75) is 25.8 Å². The minimum Gasteiger partial charge on any atom is -0.293 e. The third-order valence-electron chi connectivity index (χ3n) is 4.79. The SMILES string of the molecule is O=C(Nc1ncn(Cc2ccc(Cl)cc2)n1)C1CC2CC1C2. The van der Waals surface area contributed by atoms with Crippen LogP contribution in [0.2, 0.25) is 5.02 Å². The molecule has 0 spiro atoms. The van der Waals surface area contributed by atoms with Gasteiger partial charge in [0.15, 0.2) is 0 Å². The number of carbonyl (C=O) groups excluding carboxylic acids is 1. The number of hydrogen-bond acceptors (Lipinski definition) is 3. The molecule has 1 aromatic carbocycles. The maximum atomic E-state index is 12.2. The van der Waals surface area contributed by atoms with E-state index in [-0.39, 0.29) is 11.8 Å². The van der Waals surface area contributed by atoms with Crippen LogP contribution in [-0.2, 0) is 11.3 Å². The van der Waals surface area contributed by atoms with Crippen LogP contribution in [0.25, 0.3) is 0 Å². The van der Waals surface area contributed by atoms with E-state index in [0.29, 0.717) is 23.4 Å². The molecule has 3 aliphatic rings. The number of nitrogens with one attached hydrogen (secondary N) is 1. The van der Waals surface area contributed by atoms with Crippen molar-refractivity contribution in [2.75, 3.05) is 5.32 Å². The molecule has 0 aliphatic heterocycles. The lowest BCUT2D eigenvalue weighted by atomic mass is 9.82. The van der Waals surface area contributed by atoms with Crippen LogP contribution in [0.3, 0.4) is 0 Å². The summed E-state index contributed by atoms with van der Waals surface area (Å²) in [4.78, 5) is 16.4. The Hall–Kier alpha value is -1.88. The van der Waals surface area contributed by atoms with Gasteiger partial charge in [-0.25, -0.2) is 9.67 Å². The Morgan fingerprint density at radius 1 is 1.27 bits per heavy atom. The summed E-state index contributed by atoms with van der Waals surface area (Å²) in [6, 6.07) is 7.60. The summed E-state index contributed by atoms with van der Waals surface area (Å²) in [6.45, 7) is 0.605. The molecule has 1 atom stereocenters. The third-order valence-corrected chi connectivity index (χ3v) is 5.05. The number of benzene rings is 1. The van der Waals surface area contributed by atoms with Gasteiger partial charge in [-0.1, -0.05) is 23.7 Å². The summed E-state index contributed by atoms with van der Waals surface area (Å²) in [7, 11) is 0. The number of fused-ring (bicyclic) bond motifs is 1. The molecule has 3 saturated carbocycles. The maximum Gasteiger partial charge on any atom is 0.248 e. The van der Waals surface area contributed by atoms with E-state index >= 15 is 0 Å². The summed E-state index contributed by atoms with van der Waals surface area (Å²) in [6.07, 6.45) is 5.10.